The number of halogens is 2. The number of anilines is 2. The molecule has 0 saturated carbocycles. The Kier molecular flexibility index (Phi) is 6.39. The second-order valence-corrected chi connectivity index (χ2v) is 8.43. The van der Waals surface area contributed by atoms with Crippen molar-refractivity contribution in [3.05, 3.63) is 94.4 Å². The van der Waals surface area contributed by atoms with Crippen LogP contribution in [0.1, 0.15) is 26.3 Å². The highest BCUT2D eigenvalue weighted by Crippen LogP contribution is 2.22. The van der Waals surface area contributed by atoms with Crippen molar-refractivity contribution in [2.24, 2.45) is 0 Å². The van der Waals surface area contributed by atoms with Gasteiger partial charge in [0.15, 0.2) is 5.78 Å². The summed E-state index contributed by atoms with van der Waals surface area (Å²) in [5.74, 6) is -0.538. The lowest BCUT2D eigenvalue weighted by molar-refractivity contribution is 0.102. The standard InChI is InChI=1S/C26H20ClFN4O3/c27-20-13-18(4-6-21(20)28)26(34)30-19-3-1-2-16(12-19)25(33)17-5-7-22-23(14-17)31-24(15-29-22)32-8-10-35-11-9-32/h1-7,12-15H,8-11H2,(H,30,34). The summed E-state index contributed by atoms with van der Waals surface area (Å²) < 4.78 is 18.8. The van der Waals surface area contributed by atoms with Crippen LogP contribution in [0.25, 0.3) is 11.0 Å². The van der Waals surface area contributed by atoms with E-state index >= 15 is 0 Å². The van der Waals surface area contributed by atoms with Crippen LogP contribution >= 0.6 is 11.6 Å². The molecule has 0 aliphatic carbocycles. The average molecular weight is 491 g/mol. The van der Waals surface area contributed by atoms with Crippen molar-refractivity contribution in [1.82, 2.24) is 9.97 Å². The van der Waals surface area contributed by atoms with E-state index in [1.165, 1.54) is 12.1 Å². The number of morpholine rings is 1. The van der Waals surface area contributed by atoms with Gasteiger partial charge in [-0.15, -0.1) is 0 Å². The van der Waals surface area contributed by atoms with Crippen LogP contribution in [-0.2, 0) is 4.74 Å². The number of rotatable bonds is 5. The summed E-state index contributed by atoms with van der Waals surface area (Å²) in [7, 11) is 0. The second-order valence-electron chi connectivity index (χ2n) is 8.02. The monoisotopic (exact) mass is 490 g/mol. The van der Waals surface area contributed by atoms with Gasteiger partial charge >= 0.3 is 0 Å². The van der Waals surface area contributed by atoms with Crippen LogP contribution in [0.3, 0.4) is 0 Å². The van der Waals surface area contributed by atoms with Crippen LogP contribution in [-0.4, -0.2) is 48.0 Å². The molecule has 2 heterocycles. The molecular weight excluding hydrogens is 471 g/mol. The Morgan fingerprint density at radius 1 is 0.943 bits per heavy atom. The van der Waals surface area contributed by atoms with Crippen molar-refractivity contribution in [1.29, 1.82) is 0 Å². The lowest BCUT2D eigenvalue weighted by Gasteiger charge is -2.27. The highest BCUT2D eigenvalue weighted by atomic mass is 35.5. The fraction of sp³-hybridized carbons (Fsp3) is 0.154. The Morgan fingerprint density at radius 3 is 2.51 bits per heavy atom. The maximum absolute atomic E-state index is 13.4. The Bertz CT molecular complexity index is 1440. The SMILES string of the molecule is O=C(Nc1cccc(C(=O)c2ccc3ncc(N4CCOCC4)nc3c2)c1)c1ccc(F)c(Cl)c1. The third-order valence-corrected chi connectivity index (χ3v) is 5.98. The first kappa shape index (κ1) is 22.9. The molecule has 176 valence electrons. The fourth-order valence-electron chi connectivity index (χ4n) is 3.83. The highest BCUT2D eigenvalue weighted by Gasteiger charge is 2.16. The van der Waals surface area contributed by atoms with Gasteiger partial charge < -0.3 is 15.0 Å². The van der Waals surface area contributed by atoms with Crippen molar-refractivity contribution in [2.75, 3.05) is 36.5 Å². The topological polar surface area (TPSA) is 84.4 Å². The van der Waals surface area contributed by atoms with Gasteiger partial charge in [-0.05, 0) is 48.5 Å². The van der Waals surface area contributed by atoms with E-state index in [2.05, 4.69) is 15.2 Å². The Hall–Kier alpha value is -3.88. The van der Waals surface area contributed by atoms with Crippen LogP contribution in [0.15, 0.2) is 66.9 Å². The number of benzene rings is 3. The van der Waals surface area contributed by atoms with Gasteiger partial charge in [-0.25, -0.2) is 9.37 Å². The first-order chi connectivity index (χ1) is 17.0. The maximum atomic E-state index is 13.4. The summed E-state index contributed by atoms with van der Waals surface area (Å²) >= 11 is 5.77. The van der Waals surface area contributed by atoms with Crippen molar-refractivity contribution in [3.8, 4) is 0 Å². The molecule has 7 nitrogen and oxygen atoms in total. The third kappa shape index (κ3) is 4.99. The van der Waals surface area contributed by atoms with Crippen molar-refractivity contribution in [3.63, 3.8) is 0 Å². The lowest BCUT2D eigenvalue weighted by atomic mass is 10.0. The minimum Gasteiger partial charge on any atom is -0.378 e. The van der Waals surface area contributed by atoms with Crippen molar-refractivity contribution >= 4 is 45.8 Å². The molecule has 1 amide bonds. The highest BCUT2D eigenvalue weighted by molar-refractivity contribution is 6.31. The number of carbonyl (C=O) groups is 2. The van der Waals surface area contributed by atoms with Crippen molar-refractivity contribution in [2.45, 2.75) is 0 Å². The molecule has 1 aliphatic heterocycles. The molecular formula is C26H20ClFN4O3. The molecule has 1 saturated heterocycles. The Balaban J connectivity index is 1.37. The Labute approximate surface area is 205 Å². The van der Waals surface area contributed by atoms with Gasteiger partial charge in [-0.3, -0.25) is 14.6 Å². The fourth-order valence-corrected chi connectivity index (χ4v) is 4.01. The van der Waals surface area contributed by atoms with Crippen LogP contribution in [0.2, 0.25) is 5.02 Å². The van der Waals surface area contributed by atoms with Gasteiger partial charge in [-0.2, -0.15) is 0 Å². The van der Waals surface area contributed by atoms with Gasteiger partial charge in [0.25, 0.3) is 5.91 Å². The molecule has 1 aromatic heterocycles. The molecule has 35 heavy (non-hydrogen) atoms. The third-order valence-electron chi connectivity index (χ3n) is 5.69. The van der Waals surface area contributed by atoms with Crippen LogP contribution in [0, 0.1) is 5.82 Å². The first-order valence-corrected chi connectivity index (χ1v) is 11.4. The molecule has 0 unspecified atom stereocenters. The number of aromatic nitrogens is 2. The molecule has 1 N–H and O–H groups in total. The minimum atomic E-state index is -0.604. The van der Waals surface area contributed by atoms with Crippen LogP contribution in [0.5, 0.6) is 0 Å². The van der Waals surface area contributed by atoms with E-state index in [0.29, 0.717) is 41.1 Å². The van der Waals surface area contributed by atoms with Gasteiger partial charge in [-0.1, -0.05) is 23.7 Å². The number of nitrogens with one attached hydrogen (secondary N) is 1. The molecule has 1 aliphatic rings. The van der Waals surface area contributed by atoms with E-state index in [9.17, 15) is 14.0 Å². The lowest BCUT2D eigenvalue weighted by Crippen LogP contribution is -2.36. The van der Waals surface area contributed by atoms with Gasteiger partial charge in [0.1, 0.15) is 11.6 Å². The summed E-state index contributed by atoms with van der Waals surface area (Å²) in [6, 6.07) is 15.5. The molecule has 0 spiro atoms. The largest absolute Gasteiger partial charge is 0.378 e. The summed E-state index contributed by atoms with van der Waals surface area (Å²) in [4.78, 5) is 37.0. The van der Waals surface area contributed by atoms with E-state index in [1.54, 1.807) is 48.7 Å². The molecule has 5 rings (SSSR count). The number of ketones is 1. The van der Waals surface area contributed by atoms with Gasteiger partial charge in [0.05, 0.1) is 35.5 Å². The molecule has 0 bridgehead atoms. The Morgan fingerprint density at radius 2 is 1.71 bits per heavy atom. The summed E-state index contributed by atoms with van der Waals surface area (Å²) in [5.41, 5.74) is 2.81. The molecule has 3 aromatic carbocycles. The number of ether oxygens (including phenoxy) is 1. The van der Waals surface area contributed by atoms with E-state index in [4.69, 9.17) is 21.3 Å². The molecule has 9 heteroatoms. The van der Waals surface area contributed by atoms with E-state index in [0.717, 1.165) is 25.0 Å². The van der Waals surface area contributed by atoms with E-state index in [-0.39, 0.29) is 16.4 Å². The zero-order chi connectivity index (χ0) is 24.4. The quantitative estimate of drug-likeness (QED) is 0.407. The number of hydrogen-bond acceptors (Lipinski definition) is 6. The summed E-state index contributed by atoms with van der Waals surface area (Å²) in [6.07, 6.45) is 1.73. The molecule has 0 radical (unpaired) electrons. The second kappa shape index (κ2) is 9.77. The normalized spacial score (nSPS) is 13.6. The van der Waals surface area contributed by atoms with E-state index in [1.807, 2.05) is 0 Å². The number of hydrogen-bond donors (Lipinski definition) is 1. The predicted octanol–water partition coefficient (Wildman–Crippen LogP) is 4.74. The summed E-state index contributed by atoms with van der Waals surface area (Å²) in [5, 5.41) is 2.57. The average Bonchev–Trinajstić information content (AvgIpc) is 2.89. The molecule has 1 fully saturated rings. The van der Waals surface area contributed by atoms with E-state index < -0.39 is 11.7 Å². The maximum Gasteiger partial charge on any atom is 0.255 e. The van der Waals surface area contributed by atoms with Crippen LogP contribution < -0.4 is 10.2 Å². The zero-order valence-corrected chi connectivity index (χ0v) is 19.3. The van der Waals surface area contributed by atoms with Gasteiger partial charge in [0.2, 0.25) is 0 Å². The van der Waals surface area contributed by atoms with Crippen molar-refractivity contribution < 1.29 is 18.7 Å². The summed E-state index contributed by atoms with van der Waals surface area (Å²) in [6.45, 7) is 2.75. The number of fused-ring (bicyclic) bond motifs is 1. The smallest absolute Gasteiger partial charge is 0.255 e. The number of amides is 1. The predicted molar refractivity (Wildman–Crippen MR) is 132 cm³/mol. The number of carbonyl (C=O) groups excluding carboxylic acids is 2. The molecule has 0 atom stereocenters. The molecule has 4 aromatic rings. The minimum absolute atomic E-state index is 0.141. The zero-order valence-electron chi connectivity index (χ0n) is 18.5. The van der Waals surface area contributed by atoms with Crippen LogP contribution in [0.4, 0.5) is 15.9 Å². The van der Waals surface area contributed by atoms with Gasteiger partial charge in [0, 0.05) is 35.5 Å². The first-order valence-electron chi connectivity index (χ1n) is 11.0. The number of nitrogens with zero attached hydrogens (tertiary/aromatic N) is 3.